The van der Waals surface area contributed by atoms with Crippen molar-refractivity contribution in [1.82, 2.24) is 0 Å². The number of hydrogen-bond donors (Lipinski definition) is 0. The van der Waals surface area contributed by atoms with Gasteiger partial charge in [-0.1, -0.05) is 13.0 Å². The van der Waals surface area contributed by atoms with E-state index in [1.807, 2.05) is 31.1 Å². The van der Waals surface area contributed by atoms with Crippen LogP contribution >= 0.6 is 0 Å². The Balaban J connectivity index is 2.43. The molecule has 0 bridgehead atoms. The van der Waals surface area contributed by atoms with Gasteiger partial charge in [0.15, 0.2) is 0 Å². The molecule has 1 unspecified atom stereocenters. The van der Waals surface area contributed by atoms with Crippen LogP contribution in [0.1, 0.15) is 24.8 Å². The van der Waals surface area contributed by atoms with Gasteiger partial charge in [-0.25, -0.2) is 0 Å². The summed E-state index contributed by atoms with van der Waals surface area (Å²) >= 11 is 0. The van der Waals surface area contributed by atoms with Crippen LogP contribution < -0.4 is 9.64 Å². The van der Waals surface area contributed by atoms with E-state index in [9.17, 15) is 4.79 Å². The van der Waals surface area contributed by atoms with Crippen LogP contribution in [0.4, 0.5) is 5.69 Å². The van der Waals surface area contributed by atoms with Crippen LogP contribution in [0.5, 0.6) is 5.75 Å². The van der Waals surface area contributed by atoms with Crippen molar-refractivity contribution in [2.24, 2.45) is 0 Å². The molecule has 3 heteroatoms. The molecule has 0 aliphatic carbocycles. The molecule has 3 nitrogen and oxygen atoms in total. The highest BCUT2D eigenvalue weighted by Gasteiger charge is 2.23. The van der Waals surface area contributed by atoms with Crippen LogP contribution in [-0.2, 0) is 4.79 Å². The number of rotatable bonds is 1. The Morgan fingerprint density at radius 1 is 1.40 bits per heavy atom. The molecule has 0 aromatic heterocycles. The van der Waals surface area contributed by atoms with E-state index in [-0.39, 0.29) is 11.9 Å². The fourth-order valence-corrected chi connectivity index (χ4v) is 1.82. The van der Waals surface area contributed by atoms with Crippen molar-refractivity contribution in [2.45, 2.75) is 19.3 Å². The highest BCUT2D eigenvalue weighted by atomic mass is 16.5. The number of fused-ring (bicyclic) bond motifs is 1. The molecule has 0 saturated heterocycles. The van der Waals surface area contributed by atoms with E-state index in [2.05, 4.69) is 13.0 Å². The quantitative estimate of drug-likeness (QED) is 0.520. The highest BCUT2D eigenvalue weighted by Crippen LogP contribution is 2.36. The van der Waals surface area contributed by atoms with Gasteiger partial charge in [0, 0.05) is 25.8 Å². The minimum Gasteiger partial charge on any atom is -0.426 e. The zero-order valence-electron chi connectivity index (χ0n) is 9.28. The molecular formula is C12H15NO2. The third-order valence-electron chi connectivity index (χ3n) is 2.74. The van der Waals surface area contributed by atoms with Crippen molar-refractivity contribution in [2.75, 3.05) is 19.0 Å². The van der Waals surface area contributed by atoms with Crippen molar-refractivity contribution >= 4 is 11.7 Å². The first kappa shape index (κ1) is 10.0. The van der Waals surface area contributed by atoms with Gasteiger partial charge in [0.2, 0.25) is 0 Å². The number of esters is 1. The SMILES string of the molecule is CC1CC(=O)Oc2cc(N(C)C)ccc21. The molecule has 80 valence electrons. The fraction of sp³-hybridized carbons (Fsp3) is 0.417. The van der Waals surface area contributed by atoms with Crippen LogP contribution in [0, 0.1) is 0 Å². The zero-order valence-corrected chi connectivity index (χ0v) is 9.28. The number of carbonyl (C=O) groups is 1. The Labute approximate surface area is 89.7 Å². The molecule has 1 atom stereocenters. The third kappa shape index (κ3) is 1.82. The van der Waals surface area contributed by atoms with E-state index in [0.717, 1.165) is 11.3 Å². The van der Waals surface area contributed by atoms with Gasteiger partial charge in [-0.2, -0.15) is 0 Å². The van der Waals surface area contributed by atoms with E-state index in [0.29, 0.717) is 12.2 Å². The molecule has 0 radical (unpaired) electrons. The van der Waals surface area contributed by atoms with Gasteiger partial charge < -0.3 is 9.64 Å². The van der Waals surface area contributed by atoms with Gasteiger partial charge in [0.25, 0.3) is 0 Å². The van der Waals surface area contributed by atoms with Crippen LogP contribution in [0.15, 0.2) is 18.2 Å². The molecule has 1 heterocycles. The summed E-state index contributed by atoms with van der Waals surface area (Å²) in [5.74, 6) is 0.841. The minimum absolute atomic E-state index is 0.133. The number of nitrogens with zero attached hydrogens (tertiary/aromatic N) is 1. The lowest BCUT2D eigenvalue weighted by atomic mass is 9.94. The maximum atomic E-state index is 11.3. The Hall–Kier alpha value is -1.51. The number of ether oxygens (including phenoxy) is 1. The van der Waals surface area contributed by atoms with Crippen molar-refractivity contribution in [3.63, 3.8) is 0 Å². The average Bonchev–Trinajstić information content (AvgIpc) is 2.16. The molecular weight excluding hydrogens is 190 g/mol. The Morgan fingerprint density at radius 3 is 2.80 bits per heavy atom. The average molecular weight is 205 g/mol. The third-order valence-corrected chi connectivity index (χ3v) is 2.74. The summed E-state index contributed by atoms with van der Waals surface area (Å²) < 4.78 is 5.23. The number of hydrogen-bond acceptors (Lipinski definition) is 3. The van der Waals surface area contributed by atoms with Crippen LogP contribution in [0.2, 0.25) is 0 Å². The van der Waals surface area contributed by atoms with Gasteiger partial charge in [-0.15, -0.1) is 0 Å². The standard InChI is InChI=1S/C12H15NO2/c1-8-6-12(14)15-11-7-9(13(2)3)4-5-10(8)11/h4-5,7-8H,6H2,1-3H3. The van der Waals surface area contributed by atoms with Gasteiger partial charge in [0.1, 0.15) is 5.75 Å². The van der Waals surface area contributed by atoms with Crippen LogP contribution in [-0.4, -0.2) is 20.1 Å². The van der Waals surface area contributed by atoms with E-state index < -0.39 is 0 Å². The molecule has 2 rings (SSSR count). The van der Waals surface area contributed by atoms with Crippen LogP contribution in [0.3, 0.4) is 0 Å². The monoisotopic (exact) mass is 205 g/mol. The summed E-state index contributed by atoms with van der Waals surface area (Å²) in [6.45, 7) is 2.05. The predicted octanol–water partition coefficient (Wildman–Crippen LogP) is 2.17. The first-order valence-electron chi connectivity index (χ1n) is 5.10. The first-order valence-corrected chi connectivity index (χ1v) is 5.10. The van der Waals surface area contributed by atoms with E-state index in [4.69, 9.17) is 4.74 Å². The van der Waals surface area contributed by atoms with Gasteiger partial charge in [0.05, 0.1) is 6.42 Å². The maximum absolute atomic E-state index is 11.3. The normalized spacial score (nSPS) is 19.4. The molecule has 0 fully saturated rings. The molecule has 1 aromatic rings. The summed E-state index contributed by atoms with van der Waals surface area (Å²) in [6, 6.07) is 6.01. The van der Waals surface area contributed by atoms with Gasteiger partial charge >= 0.3 is 5.97 Å². The topological polar surface area (TPSA) is 29.5 Å². The predicted molar refractivity (Wildman–Crippen MR) is 59.4 cm³/mol. The Bertz CT molecular complexity index is 399. The molecule has 1 aromatic carbocycles. The molecule has 1 aliphatic heterocycles. The summed E-state index contributed by atoms with van der Waals surface area (Å²) in [6.07, 6.45) is 0.480. The summed E-state index contributed by atoms with van der Waals surface area (Å²) in [7, 11) is 3.94. The van der Waals surface area contributed by atoms with Gasteiger partial charge in [-0.3, -0.25) is 4.79 Å². The Kier molecular flexibility index (Phi) is 2.39. The molecule has 0 N–H and O–H groups in total. The summed E-state index contributed by atoms with van der Waals surface area (Å²) in [5.41, 5.74) is 2.18. The molecule has 0 amide bonds. The highest BCUT2D eigenvalue weighted by molar-refractivity contribution is 5.77. The number of anilines is 1. The first-order chi connectivity index (χ1) is 7.08. The van der Waals surface area contributed by atoms with Crippen molar-refractivity contribution in [1.29, 1.82) is 0 Å². The van der Waals surface area contributed by atoms with E-state index >= 15 is 0 Å². The lowest BCUT2D eigenvalue weighted by Gasteiger charge is -2.23. The van der Waals surface area contributed by atoms with Crippen molar-refractivity contribution in [3.8, 4) is 5.75 Å². The lowest BCUT2D eigenvalue weighted by molar-refractivity contribution is -0.135. The molecule has 15 heavy (non-hydrogen) atoms. The second kappa shape index (κ2) is 3.57. The summed E-state index contributed by atoms with van der Waals surface area (Å²) in [5, 5.41) is 0. The van der Waals surface area contributed by atoms with Crippen molar-refractivity contribution in [3.05, 3.63) is 23.8 Å². The maximum Gasteiger partial charge on any atom is 0.311 e. The zero-order chi connectivity index (χ0) is 11.0. The number of benzene rings is 1. The second-order valence-electron chi connectivity index (χ2n) is 4.20. The Morgan fingerprint density at radius 2 is 2.13 bits per heavy atom. The molecule has 0 spiro atoms. The van der Waals surface area contributed by atoms with Crippen molar-refractivity contribution < 1.29 is 9.53 Å². The van der Waals surface area contributed by atoms with E-state index in [1.54, 1.807) is 0 Å². The molecule has 0 saturated carbocycles. The molecule has 1 aliphatic rings. The second-order valence-corrected chi connectivity index (χ2v) is 4.20. The summed E-state index contributed by atoms with van der Waals surface area (Å²) in [4.78, 5) is 13.3. The van der Waals surface area contributed by atoms with Gasteiger partial charge in [-0.05, 0) is 17.5 Å². The minimum atomic E-state index is -0.133. The smallest absolute Gasteiger partial charge is 0.311 e. The lowest BCUT2D eigenvalue weighted by Crippen LogP contribution is -2.19. The number of carbonyl (C=O) groups excluding carboxylic acids is 1. The van der Waals surface area contributed by atoms with E-state index in [1.165, 1.54) is 0 Å². The van der Waals surface area contributed by atoms with Crippen LogP contribution in [0.25, 0.3) is 0 Å². The fourth-order valence-electron chi connectivity index (χ4n) is 1.82. The largest absolute Gasteiger partial charge is 0.426 e.